The molecule has 0 unspecified atom stereocenters. The van der Waals surface area contributed by atoms with E-state index in [1.165, 1.54) is 36.5 Å². The molecule has 4 heteroatoms. The van der Waals surface area contributed by atoms with Gasteiger partial charge in [0.05, 0.1) is 0 Å². The summed E-state index contributed by atoms with van der Waals surface area (Å²) in [6, 6.07) is 15.0. The molecule has 108 valence electrons. The number of hydrogen-bond donors (Lipinski definition) is 1. The van der Waals surface area contributed by atoms with Crippen LogP contribution in [0.15, 0.2) is 66.9 Å². The van der Waals surface area contributed by atoms with Gasteiger partial charge < -0.3 is 0 Å². The number of halogens is 1. The summed E-state index contributed by atoms with van der Waals surface area (Å²) in [6.45, 7) is 0.386. The molecule has 0 saturated carbocycles. The zero-order valence-electron chi connectivity index (χ0n) is 11.4. The molecule has 2 rings (SSSR count). The standard InChI is InChI=1S/C17H16FNO2/c18-16-8-6-15(7-9-16)17(20)11-13-19(21)12-10-14-4-2-1-3-5-14/h1-9,11,13,21H,10,12H2/b13-11+. The molecule has 0 spiro atoms. The summed E-state index contributed by atoms with van der Waals surface area (Å²) in [4.78, 5) is 11.8. The van der Waals surface area contributed by atoms with Crippen LogP contribution in [0.2, 0.25) is 0 Å². The van der Waals surface area contributed by atoms with Crippen LogP contribution in [0, 0.1) is 5.82 Å². The molecule has 0 saturated heterocycles. The Balaban J connectivity index is 1.85. The quantitative estimate of drug-likeness (QED) is 0.502. The molecule has 1 N–H and O–H groups in total. The minimum Gasteiger partial charge on any atom is -0.289 e. The van der Waals surface area contributed by atoms with E-state index in [0.717, 1.165) is 10.6 Å². The molecule has 0 radical (unpaired) electrons. The van der Waals surface area contributed by atoms with Crippen LogP contribution in [0.4, 0.5) is 4.39 Å². The monoisotopic (exact) mass is 285 g/mol. The SMILES string of the molecule is O=C(/C=C/N(O)CCc1ccccc1)c1ccc(F)cc1. The Morgan fingerprint density at radius 1 is 1.10 bits per heavy atom. The van der Waals surface area contributed by atoms with Crippen molar-refractivity contribution in [3.8, 4) is 0 Å². The van der Waals surface area contributed by atoms with Crippen molar-refractivity contribution in [1.82, 2.24) is 5.06 Å². The van der Waals surface area contributed by atoms with Gasteiger partial charge in [-0.25, -0.2) is 4.39 Å². The molecule has 0 aromatic heterocycles. The predicted molar refractivity (Wildman–Crippen MR) is 78.5 cm³/mol. The van der Waals surface area contributed by atoms with Crippen molar-refractivity contribution in [2.24, 2.45) is 0 Å². The van der Waals surface area contributed by atoms with E-state index in [-0.39, 0.29) is 11.6 Å². The van der Waals surface area contributed by atoms with Gasteiger partial charge in [0.15, 0.2) is 5.78 Å². The third kappa shape index (κ3) is 4.85. The van der Waals surface area contributed by atoms with Crippen molar-refractivity contribution >= 4 is 5.78 Å². The van der Waals surface area contributed by atoms with Gasteiger partial charge >= 0.3 is 0 Å². The van der Waals surface area contributed by atoms with Gasteiger partial charge in [-0.15, -0.1) is 0 Å². The first-order valence-electron chi connectivity index (χ1n) is 6.63. The maximum Gasteiger partial charge on any atom is 0.187 e. The summed E-state index contributed by atoms with van der Waals surface area (Å²) in [5.74, 6) is -0.670. The van der Waals surface area contributed by atoms with Crippen LogP contribution >= 0.6 is 0 Å². The van der Waals surface area contributed by atoms with Gasteiger partial charge in [0, 0.05) is 24.4 Å². The lowest BCUT2D eigenvalue weighted by Gasteiger charge is -2.11. The topological polar surface area (TPSA) is 40.5 Å². The highest BCUT2D eigenvalue weighted by Crippen LogP contribution is 2.05. The summed E-state index contributed by atoms with van der Waals surface area (Å²) in [5, 5.41) is 10.7. The smallest absolute Gasteiger partial charge is 0.187 e. The maximum absolute atomic E-state index is 12.7. The minimum atomic E-state index is -0.387. The van der Waals surface area contributed by atoms with Crippen molar-refractivity contribution in [2.45, 2.75) is 6.42 Å². The van der Waals surface area contributed by atoms with E-state index in [9.17, 15) is 14.4 Å². The van der Waals surface area contributed by atoms with Crippen molar-refractivity contribution in [3.05, 3.63) is 83.8 Å². The van der Waals surface area contributed by atoms with E-state index >= 15 is 0 Å². The number of benzene rings is 2. The van der Waals surface area contributed by atoms with Crippen molar-refractivity contribution < 1.29 is 14.4 Å². The van der Waals surface area contributed by atoms with Gasteiger partial charge in [0.1, 0.15) is 5.82 Å². The van der Waals surface area contributed by atoms with E-state index in [2.05, 4.69) is 0 Å². The lowest BCUT2D eigenvalue weighted by Crippen LogP contribution is -2.15. The fraction of sp³-hybridized carbons (Fsp3) is 0.118. The molecule has 0 bridgehead atoms. The fourth-order valence-electron chi connectivity index (χ4n) is 1.83. The van der Waals surface area contributed by atoms with Crippen molar-refractivity contribution in [3.63, 3.8) is 0 Å². The summed E-state index contributed by atoms with van der Waals surface area (Å²) in [7, 11) is 0. The molecular formula is C17H16FNO2. The fourth-order valence-corrected chi connectivity index (χ4v) is 1.83. The number of ketones is 1. The summed E-state index contributed by atoms with van der Waals surface area (Å²) in [5.41, 5.74) is 1.49. The number of carbonyl (C=O) groups is 1. The Morgan fingerprint density at radius 2 is 1.76 bits per heavy atom. The first-order chi connectivity index (χ1) is 10.1. The first kappa shape index (κ1) is 14.9. The van der Waals surface area contributed by atoms with Crippen molar-refractivity contribution in [1.29, 1.82) is 0 Å². The summed E-state index contributed by atoms with van der Waals surface area (Å²) < 4.78 is 12.7. The lowest BCUT2D eigenvalue weighted by molar-refractivity contribution is -0.0395. The van der Waals surface area contributed by atoms with Gasteiger partial charge in [0.25, 0.3) is 0 Å². The summed E-state index contributed by atoms with van der Waals surface area (Å²) in [6.07, 6.45) is 3.25. The Hall–Kier alpha value is -2.46. The molecule has 0 aliphatic carbocycles. The van der Waals surface area contributed by atoms with E-state index in [0.29, 0.717) is 18.5 Å². The molecule has 0 aliphatic rings. The molecular weight excluding hydrogens is 269 g/mol. The third-order valence-corrected chi connectivity index (χ3v) is 3.00. The van der Waals surface area contributed by atoms with Gasteiger partial charge in [0.2, 0.25) is 0 Å². The first-order valence-corrected chi connectivity index (χ1v) is 6.63. The Morgan fingerprint density at radius 3 is 2.43 bits per heavy atom. The number of nitrogens with zero attached hydrogens (tertiary/aromatic N) is 1. The van der Waals surface area contributed by atoms with E-state index < -0.39 is 0 Å². The molecule has 3 nitrogen and oxygen atoms in total. The molecule has 0 heterocycles. The second-order valence-electron chi connectivity index (χ2n) is 4.59. The Labute approximate surface area is 122 Å². The number of hydrogen-bond acceptors (Lipinski definition) is 3. The van der Waals surface area contributed by atoms with Gasteiger partial charge in [-0.1, -0.05) is 30.3 Å². The molecule has 0 amide bonds. The second kappa shape index (κ2) is 7.36. The molecule has 0 fully saturated rings. The average molecular weight is 285 g/mol. The highest BCUT2D eigenvalue weighted by Gasteiger charge is 2.02. The van der Waals surface area contributed by atoms with Crippen LogP contribution in [0.1, 0.15) is 15.9 Å². The molecule has 2 aromatic carbocycles. The molecule has 0 aliphatic heterocycles. The van der Waals surface area contributed by atoms with Gasteiger partial charge in [-0.2, -0.15) is 0 Å². The minimum absolute atomic E-state index is 0.284. The van der Waals surface area contributed by atoms with Crippen LogP contribution in [-0.4, -0.2) is 22.6 Å². The third-order valence-electron chi connectivity index (χ3n) is 3.00. The Kier molecular flexibility index (Phi) is 5.23. The van der Waals surface area contributed by atoms with Crippen LogP contribution in [0.5, 0.6) is 0 Å². The van der Waals surface area contributed by atoms with Gasteiger partial charge in [-0.3, -0.25) is 15.1 Å². The normalized spacial score (nSPS) is 10.8. The van der Waals surface area contributed by atoms with Crippen LogP contribution < -0.4 is 0 Å². The molecule has 21 heavy (non-hydrogen) atoms. The van der Waals surface area contributed by atoms with Crippen molar-refractivity contribution in [2.75, 3.05) is 6.54 Å². The van der Waals surface area contributed by atoms with Gasteiger partial charge in [-0.05, 0) is 36.2 Å². The number of hydroxylamine groups is 2. The molecule has 0 atom stereocenters. The zero-order valence-corrected chi connectivity index (χ0v) is 11.4. The second-order valence-corrected chi connectivity index (χ2v) is 4.59. The van der Waals surface area contributed by atoms with E-state index in [1.54, 1.807) is 0 Å². The van der Waals surface area contributed by atoms with Crippen LogP contribution in [0.25, 0.3) is 0 Å². The van der Waals surface area contributed by atoms with E-state index in [1.807, 2.05) is 30.3 Å². The Bertz CT molecular complexity index is 608. The highest BCUT2D eigenvalue weighted by atomic mass is 19.1. The highest BCUT2D eigenvalue weighted by molar-refractivity contribution is 6.04. The van der Waals surface area contributed by atoms with Crippen LogP contribution in [0.3, 0.4) is 0 Å². The number of rotatable bonds is 6. The lowest BCUT2D eigenvalue weighted by atomic mass is 10.1. The van der Waals surface area contributed by atoms with E-state index in [4.69, 9.17) is 0 Å². The summed E-state index contributed by atoms with van der Waals surface area (Å²) >= 11 is 0. The predicted octanol–water partition coefficient (Wildman–Crippen LogP) is 3.46. The van der Waals surface area contributed by atoms with Crippen LogP contribution in [-0.2, 0) is 6.42 Å². The average Bonchev–Trinajstić information content (AvgIpc) is 2.52. The zero-order chi connectivity index (χ0) is 15.1. The molecule has 2 aromatic rings. The number of carbonyl (C=O) groups excluding carboxylic acids is 1. The number of allylic oxidation sites excluding steroid dienone is 1. The largest absolute Gasteiger partial charge is 0.289 e. The maximum atomic E-state index is 12.7.